The highest BCUT2D eigenvalue weighted by molar-refractivity contribution is 7.80. The van der Waals surface area contributed by atoms with Gasteiger partial charge < -0.3 is 19.5 Å². The number of benzene rings is 2. The molecule has 0 aromatic heterocycles. The molecule has 2 N–H and O–H groups in total. The van der Waals surface area contributed by atoms with E-state index in [0.717, 1.165) is 0 Å². The van der Waals surface area contributed by atoms with Crippen LogP contribution in [0.5, 0.6) is 11.5 Å². The molecule has 26 heavy (non-hydrogen) atoms. The van der Waals surface area contributed by atoms with E-state index in [4.69, 9.17) is 26.4 Å². The molecule has 0 aliphatic heterocycles. The van der Waals surface area contributed by atoms with Crippen LogP contribution in [0.3, 0.4) is 0 Å². The third-order valence-electron chi connectivity index (χ3n) is 3.26. The average molecular weight is 374 g/mol. The molecule has 7 nitrogen and oxygen atoms in total. The van der Waals surface area contributed by atoms with Crippen LogP contribution < -0.4 is 20.1 Å². The Morgan fingerprint density at radius 1 is 1.00 bits per heavy atom. The second-order valence-electron chi connectivity index (χ2n) is 5.00. The molecule has 0 saturated carbocycles. The van der Waals surface area contributed by atoms with Crippen molar-refractivity contribution in [2.75, 3.05) is 26.1 Å². The molecule has 0 aliphatic carbocycles. The Bertz CT molecular complexity index is 792. The zero-order chi connectivity index (χ0) is 18.9. The van der Waals surface area contributed by atoms with Crippen molar-refractivity contribution in [3.8, 4) is 11.5 Å². The molecule has 0 atom stereocenters. The number of rotatable bonds is 6. The summed E-state index contributed by atoms with van der Waals surface area (Å²) in [6, 6.07) is 13.5. The number of anilines is 1. The maximum absolute atomic E-state index is 11.9. The first-order valence-electron chi connectivity index (χ1n) is 7.58. The molecule has 0 aliphatic rings. The van der Waals surface area contributed by atoms with E-state index in [-0.39, 0.29) is 11.7 Å². The van der Waals surface area contributed by atoms with E-state index >= 15 is 0 Å². The largest absolute Gasteiger partial charge is 0.497 e. The van der Waals surface area contributed by atoms with Crippen LogP contribution in [0.15, 0.2) is 48.5 Å². The van der Waals surface area contributed by atoms with Gasteiger partial charge in [0.25, 0.3) is 5.91 Å². The van der Waals surface area contributed by atoms with E-state index in [1.54, 1.807) is 55.6 Å². The number of carbonyl (C=O) groups excluding carboxylic acids is 2. The molecule has 1 amide bonds. The summed E-state index contributed by atoms with van der Waals surface area (Å²) in [5.74, 6) is 0.270. The highest BCUT2D eigenvalue weighted by Crippen LogP contribution is 2.17. The van der Waals surface area contributed by atoms with Gasteiger partial charge in [-0.25, -0.2) is 4.79 Å². The number of methoxy groups -OCH3 is 2. The number of thiocarbonyl (C=S) groups is 1. The van der Waals surface area contributed by atoms with Crippen molar-refractivity contribution in [1.82, 2.24) is 5.32 Å². The van der Waals surface area contributed by atoms with E-state index in [0.29, 0.717) is 22.7 Å². The zero-order valence-electron chi connectivity index (χ0n) is 14.3. The molecule has 0 saturated heterocycles. The number of nitrogens with one attached hydrogen (secondary N) is 2. The number of hydrogen-bond acceptors (Lipinski definition) is 6. The predicted molar refractivity (Wildman–Crippen MR) is 101 cm³/mol. The van der Waals surface area contributed by atoms with Crippen LogP contribution >= 0.6 is 12.2 Å². The summed E-state index contributed by atoms with van der Waals surface area (Å²) < 4.78 is 15.1. The predicted octanol–water partition coefficient (Wildman–Crippen LogP) is 2.37. The Hall–Kier alpha value is -3.13. The van der Waals surface area contributed by atoms with Crippen LogP contribution in [-0.4, -0.2) is 37.8 Å². The minimum atomic E-state index is -0.509. The van der Waals surface area contributed by atoms with Gasteiger partial charge in [-0.3, -0.25) is 10.1 Å². The van der Waals surface area contributed by atoms with Crippen LogP contribution in [0.2, 0.25) is 0 Å². The van der Waals surface area contributed by atoms with Gasteiger partial charge in [-0.2, -0.15) is 0 Å². The minimum absolute atomic E-state index is 0.0460. The quantitative estimate of drug-likeness (QED) is 0.593. The number of amides is 1. The lowest BCUT2D eigenvalue weighted by molar-refractivity contribution is -0.121. The van der Waals surface area contributed by atoms with E-state index < -0.39 is 11.9 Å². The SMILES string of the molecule is COC(=O)c1ccccc1NC(=S)NC(=O)COc1ccc(OC)cc1. The summed E-state index contributed by atoms with van der Waals surface area (Å²) in [6.07, 6.45) is 0. The first-order valence-corrected chi connectivity index (χ1v) is 7.99. The Labute approximate surface area is 156 Å². The van der Waals surface area contributed by atoms with Gasteiger partial charge in [-0.15, -0.1) is 0 Å². The molecule has 0 unspecified atom stereocenters. The van der Waals surface area contributed by atoms with Crippen LogP contribution in [0, 0.1) is 0 Å². The van der Waals surface area contributed by atoms with Gasteiger partial charge in [-0.1, -0.05) is 12.1 Å². The van der Waals surface area contributed by atoms with Crippen LogP contribution in [0.1, 0.15) is 10.4 Å². The lowest BCUT2D eigenvalue weighted by Crippen LogP contribution is -2.37. The van der Waals surface area contributed by atoms with Crippen LogP contribution in [0.25, 0.3) is 0 Å². The first kappa shape index (κ1) is 19.2. The standard InChI is InChI=1S/C18H18N2O5S/c1-23-12-7-9-13(10-8-12)25-11-16(21)20-18(26)19-15-6-4-3-5-14(15)17(22)24-2/h3-10H,11H2,1-2H3,(H2,19,20,21,26). The average Bonchev–Trinajstić information content (AvgIpc) is 2.66. The summed E-state index contributed by atoms with van der Waals surface area (Å²) in [7, 11) is 2.85. The number of para-hydroxylation sites is 1. The molecule has 0 bridgehead atoms. The lowest BCUT2D eigenvalue weighted by atomic mass is 10.2. The van der Waals surface area contributed by atoms with Gasteiger partial charge >= 0.3 is 5.97 Å². The van der Waals surface area contributed by atoms with Crippen molar-refractivity contribution in [3.05, 3.63) is 54.1 Å². The summed E-state index contributed by atoms with van der Waals surface area (Å²) in [6.45, 7) is -0.215. The molecule has 0 spiro atoms. The number of carbonyl (C=O) groups is 2. The van der Waals surface area contributed by atoms with Gasteiger partial charge in [0.05, 0.1) is 25.5 Å². The molecule has 2 aromatic rings. The molecule has 2 rings (SSSR count). The Morgan fingerprint density at radius 2 is 1.65 bits per heavy atom. The van der Waals surface area contributed by atoms with Crippen molar-refractivity contribution in [3.63, 3.8) is 0 Å². The van der Waals surface area contributed by atoms with Crippen molar-refractivity contribution < 1.29 is 23.8 Å². The normalized spacial score (nSPS) is 9.77. The second-order valence-corrected chi connectivity index (χ2v) is 5.41. The van der Waals surface area contributed by atoms with Crippen molar-refractivity contribution in [2.45, 2.75) is 0 Å². The lowest BCUT2D eigenvalue weighted by Gasteiger charge is -2.12. The molecular formula is C18H18N2O5S. The second kappa shape index (κ2) is 9.38. The molecule has 2 aromatic carbocycles. The van der Waals surface area contributed by atoms with Crippen LogP contribution in [0.4, 0.5) is 5.69 Å². The number of esters is 1. The van der Waals surface area contributed by atoms with Gasteiger partial charge in [0.15, 0.2) is 11.7 Å². The maximum atomic E-state index is 11.9. The van der Waals surface area contributed by atoms with Gasteiger partial charge in [0, 0.05) is 0 Å². The Kier molecular flexibility index (Phi) is 6.92. The number of ether oxygens (including phenoxy) is 3. The van der Waals surface area contributed by atoms with Crippen molar-refractivity contribution in [1.29, 1.82) is 0 Å². The minimum Gasteiger partial charge on any atom is -0.497 e. The van der Waals surface area contributed by atoms with E-state index in [9.17, 15) is 9.59 Å². The fourth-order valence-corrected chi connectivity index (χ4v) is 2.24. The van der Waals surface area contributed by atoms with Gasteiger partial charge in [0.2, 0.25) is 0 Å². The molecule has 0 radical (unpaired) electrons. The summed E-state index contributed by atoms with van der Waals surface area (Å²) in [5.41, 5.74) is 0.738. The first-order chi connectivity index (χ1) is 12.5. The van der Waals surface area contributed by atoms with Crippen molar-refractivity contribution >= 4 is 34.9 Å². The summed E-state index contributed by atoms with van der Waals surface area (Å²) in [4.78, 5) is 23.7. The molecule has 136 valence electrons. The third kappa shape index (κ3) is 5.45. The smallest absolute Gasteiger partial charge is 0.339 e. The molecule has 0 heterocycles. The monoisotopic (exact) mass is 374 g/mol. The Morgan fingerprint density at radius 3 is 2.31 bits per heavy atom. The highest BCUT2D eigenvalue weighted by Gasteiger charge is 2.13. The van der Waals surface area contributed by atoms with Crippen LogP contribution in [-0.2, 0) is 9.53 Å². The molecular weight excluding hydrogens is 356 g/mol. The number of hydrogen-bond donors (Lipinski definition) is 2. The third-order valence-corrected chi connectivity index (χ3v) is 3.47. The van der Waals surface area contributed by atoms with E-state index in [2.05, 4.69) is 10.6 Å². The summed E-state index contributed by atoms with van der Waals surface area (Å²) >= 11 is 5.09. The van der Waals surface area contributed by atoms with Crippen molar-refractivity contribution in [2.24, 2.45) is 0 Å². The van der Waals surface area contributed by atoms with E-state index in [1.807, 2.05) is 0 Å². The van der Waals surface area contributed by atoms with Gasteiger partial charge in [-0.05, 0) is 48.6 Å². The highest BCUT2D eigenvalue weighted by atomic mass is 32.1. The van der Waals surface area contributed by atoms with E-state index in [1.165, 1.54) is 7.11 Å². The zero-order valence-corrected chi connectivity index (χ0v) is 15.1. The molecule has 0 fully saturated rings. The maximum Gasteiger partial charge on any atom is 0.339 e. The Balaban J connectivity index is 1.87. The topological polar surface area (TPSA) is 85.9 Å². The fourth-order valence-electron chi connectivity index (χ4n) is 2.02. The fraction of sp³-hybridized carbons (Fsp3) is 0.167. The summed E-state index contributed by atoms with van der Waals surface area (Å²) in [5, 5.41) is 5.33. The molecule has 8 heteroatoms. The van der Waals surface area contributed by atoms with Gasteiger partial charge in [0.1, 0.15) is 11.5 Å².